The number of pyridine rings is 1. The summed E-state index contributed by atoms with van der Waals surface area (Å²) in [6, 6.07) is 12.6. The summed E-state index contributed by atoms with van der Waals surface area (Å²) in [7, 11) is 1.70. The molecule has 1 aromatic carbocycles. The summed E-state index contributed by atoms with van der Waals surface area (Å²) in [6.45, 7) is 5.76. The number of likely N-dealkylation sites (tertiary alicyclic amines) is 1. The minimum Gasteiger partial charge on any atom is -0.497 e. The van der Waals surface area contributed by atoms with E-state index in [1.54, 1.807) is 25.6 Å². The number of amides is 1. The van der Waals surface area contributed by atoms with Crippen molar-refractivity contribution < 1.29 is 9.53 Å². The number of carbonyl (C=O) groups excluding carboxylic acids is 1. The average Bonchev–Trinajstić information content (AvgIpc) is 2.83. The third kappa shape index (κ3) is 5.00. The molecule has 30 heavy (non-hydrogen) atoms. The van der Waals surface area contributed by atoms with Gasteiger partial charge in [-0.3, -0.25) is 14.7 Å². The lowest BCUT2D eigenvalue weighted by Crippen LogP contribution is -2.55. The third-order valence-corrected chi connectivity index (χ3v) is 6.10. The number of nitrogens with zero attached hydrogens (tertiary/aromatic N) is 4. The van der Waals surface area contributed by atoms with Gasteiger partial charge < -0.3 is 14.5 Å². The lowest BCUT2D eigenvalue weighted by molar-refractivity contribution is -0.128. The van der Waals surface area contributed by atoms with Crippen LogP contribution in [0.4, 0.5) is 5.69 Å². The highest BCUT2D eigenvalue weighted by Crippen LogP contribution is 2.23. The molecule has 6 nitrogen and oxygen atoms in total. The van der Waals surface area contributed by atoms with Gasteiger partial charge in [0.25, 0.3) is 0 Å². The summed E-state index contributed by atoms with van der Waals surface area (Å²) < 4.78 is 5.26. The van der Waals surface area contributed by atoms with E-state index in [9.17, 15) is 4.79 Å². The van der Waals surface area contributed by atoms with Gasteiger partial charge in [-0.2, -0.15) is 0 Å². The number of aromatic nitrogens is 1. The Kier molecular flexibility index (Phi) is 6.64. The number of carbonyl (C=O) groups is 1. The lowest BCUT2D eigenvalue weighted by Gasteiger charge is -2.43. The van der Waals surface area contributed by atoms with Crippen LogP contribution in [-0.2, 0) is 4.79 Å². The highest BCUT2D eigenvalue weighted by Gasteiger charge is 2.29. The van der Waals surface area contributed by atoms with Gasteiger partial charge in [-0.1, -0.05) is 0 Å². The van der Waals surface area contributed by atoms with Crippen LogP contribution < -0.4 is 9.64 Å². The zero-order valence-electron chi connectivity index (χ0n) is 17.6. The molecular formula is C24H30N4O2. The minimum atomic E-state index is 0.105. The summed E-state index contributed by atoms with van der Waals surface area (Å²) in [5.74, 6) is 0.996. The van der Waals surface area contributed by atoms with Gasteiger partial charge in [0.05, 0.1) is 7.11 Å². The van der Waals surface area contributed by atoms with Crippen molar-refractivity contribution >= 4 is 17.7 Å². The normalized spacial score (nSPS) is 20.5. The average molecular weight is 407 g/mol. The molecule has 2 aliphatic rings. The molecule has 3 heterocycles. The number of rotatable bonds is 5. The zero-order chi connectivity index (χ0) is 20.8. The fraction of sp³-hybridized carbons (Fsp3) is 0.417. The Hall–Kier alpha value is -2.86. The molecule has 1 amide bonds. The largest absolute Gasteiger partial charge is 0.497 e. The Bertz CT molecular complexity index is 845. The molecule has 158 valence electrons. The highest BCUT2D eigenvalue weighted by molar-refractivity contribution is 5.91. The number of piperazine rings is 1. The van der Waals surface area contributed by atoms with E-state index in [1.807, 2.05) is 35.2 Å². The molecule has 4 rings (SSSR count). The maximum atomic E-state index is 12.7. The van der Waals surface area contributed by atoms with Gasteiger partial charge in [0.1, 0.15) is 5.75 Å². The van der Waals surface area contributed by atoms with E-state index >= 15 is 0 Å². The van der Waals surface area contributed by atoms with Gasteiger partial charge in [-0.05, 0) is 60.9 Å². The van der Waals surface area contributed by atoms with Crippen molar-refractivity contribution in [2.45, 2.75) is 18.9 Å². The maximum absolute atomic E-state index is 12.7. The number of methoxy groups -OCH3 is 1. The fourth-order valence-electron chi connectivity index (χ4n) is 4.34. The van der Waals surface area contributed by atoms with E-state index in [0.29, 0.717) is 6.04 Å². The molecule has 0 N–H and O–H groups in total. The summed E-state index contributed by atoms with van der Waals surface area (Å²) >= 11 is 0. The van der Waals surface area contributed by atoms with Crippen LogP contribution in [-0.4, -0.2) is 73.1 Å². The van der Waals surface area contributed by atoms with Crippen molar-refractivity contribution in [2.75, 3.05) is 51.3 Å². The summed E-state index contributed by atoms with van der Waals surface area (Å²) in [6.07, 6.45) is 9.29. The standard InChI is InChI=1S/C24H30N4O2/c1-30-23-7-5-21(6-8-23)26-15-17-27(18-16-26)22-3-2-14-28(19-22)24(29)9-4-20-10-12-25-13-11-20/h4-13,22H,2-3,14-19H2,1H3/b9-4+/t22-/m1/s1. The van der Waals surface area contributed by atoms with E-state index in [-0.39, 0.29) is 5.91 Å². The second-order valence-corrected chi connectivity index (χ2v) is 7.92. The lowest BCUT2D eigenvalue weighted by atomic mass is 10.0. The third-order valence-electron chi connectivity index (χ3n) is 6.10. The molecule has 0 radical (unpaired) electrons. The van der Waals surface area contributed by atoms with Crippen LogP contribution in [0.25, 0.3) is 6.08 Å². The van der Waals surface area contributed by atoms with Gasteiger partial charge in [-0.25, -0.2) is 0 Å². The van der Waals surface area contributed by atoms with Crippen molar-refractivity contribution in [3.63, 3.8) is 0 Å². The smallest absolute Gasteiger partial charge is 0.246 e. The highest BCUT2D eigenvalue weighted by atomic mass is 16.5. The molecule has 2 saturated heterocycles. The molecule has 2 aliphatic heterocycles. The van der Waals surface area contributed by atoms with Gasteiger partial charge >= 0.3 is 0 Å². The second-order valence-electron chi connectivity index (χ2n) is 7.92. The van der Waals surface area contributed by atoms with Crippen LogP contribution >= 0.6 is 0 Å². The van der Waals surface area contributed by atoms with Crippen LogP contribution in [0.1, 0.15) is 18.4 Å². The molecule has 1 aromatic heterocycles. The summed E-state index contributed by atoms with van der Waals surface area (Å²) in [5.41, 5.74) is 2.25. The van der Waals surface area contributed by atoms with Gasteiger partial charge in [-0.15, -0.1) is 0 Å². The maximum Gasteiger partial charge on any atom is 0.246 e. The molecule has 0 unspecified atom stereocenters. The number of piperidine rings is 1. The Labute approximate surface area is 178 Å². The first kappa shape index (κ1) is 20.4. The number of ether oxygens (including phenoxy) is 1. The number of benzene rings is 1. The zero-order valence-corrected chi connectivity index (χ0v) is 17.6. The van der Waals surface area contributed by atoms with E-state index in [0.717, 1.165) is 57.0 Å². The Morgan fingerprint density at radius 3 is 2.47 bits per heavy atom. The molecule has 0 spiro atoms. The first-order valence-electron chi connectivity index (χ1n) is 10.7. The van der Waals surface area contributed by atoms with Crippen molar-refractivity contribution in [3.05, 3.63) is 60.4 Å². The minimum absolute atomic E-state index is 0.105. The SMILES string of the molecule is COc1ccc(N2CCN([C@@H]3CCCN(C(=O)/C=C/c4ccncc4)C3)CC2)cc1. The second kappa shape index (κ2) is 9.76. The number of hydrogen-bond acceptors (Lipinski definition) is 5. The van der Waals surface area contributed by atoms with E-state index in [4.69, 9.17) is 4.74 Å². The summed E-state index contributed by atoms with van der Waals surface area (Å²) in [4.78, 5) is 23.7. The van der Waals surface area contributed by atoms with Crippen LogP contribution in [0, 0.1) is 0 Å². The fourth-order valence-corrected chi connectivity index (χ4v) is 4.34. The quantitative estimate of drug-likeness (QED) is 0.715. The van der Waals surface area contributed by atoms with E-state index < -0.39 is 0 Å². The van der Waals surface area contributed by atoms with E-state index in [2.05, 4.69) is 26.9 Å². The van der Waals surface area contributed by atoms with Crippen molar-refractivity contribution in [3.8, 4) is 5.75 Å². The topological polar surface area (TPSA) is 48.9 Å². The van der Waals surface area contributed by atoms with Crippen LogP contribution in [0.2, 0.25) is 0 Å². The van der Waals surface area contributed by atoms with Gasteiger partial charge in [0.2, 0.25) is 5.91 Å². The number of anilines is 1. The molecule has 2 aromatic rings. The van der Waals surface area contributed by atoms with E-state index in [1.165, 1.54) is 12.1 Å². The summed E-state index contributed by atoms with van der Waals surface area (Å²) in [5, 5.41) is 0. The van der Waals surface area contributed by atoms with Crippen molar-refractivity contribution in [1.29, 1.82) is 0 Å². The molecule has 0 bridgehead atoms. The molecule has 6 heteroatoms. The number of hydrogen-bond donors (Lipinski definition) is 0. The Morgan fingerprint density at radius 2 is 1.77 bits per heavy atom. The van der Waals surface area contributed by atoms with Gasteiger partial charge in [0, 0.05) is 69.5 Å². The first-order valence-corrected chi connectivity index (χ1v) is 10.7. The Balaban J connectivity index is 1.29. The predicted octanol–water partition coefficient (Wildman–Crippen LogP) is 2.92. The van der Waals surface area contributed by atoms with Crippen molar-refractivity contribution in [2.24, 2.45) is 0 Å². The van der Waals surface area contributed by atoms with Gasteiger partial charge in [0.15, 0.2) is 0 Å². The Morgan fingerprint density at radius 1 is 1.03 bits per heavy atom. The predicted molar refractivity (Wildman–Crippen MR) is 120 cm³/mol. The molecule has 1 atom stereocenters. The van der Waals surface area contributed by atoms with Crippen LogP contribution in [0.15, 0.2) is 54.9 Å². The molecular weight excluding hydrogens is 376 g/mol. The van der Waals surface area contributed by atoms with Crippen LogP contribution in [0.3, 0.4) is 0 Å². The van der Waals surface area contributed by atoms with Crippen LogP contribution in [0.5, 0.6) is 5.75 Å². The first-order chi connectivity index (χ1) is 14.7. The molecule has 2 fully saturated rings. The molecule has 0 saturated carbocycles. The molecule has 0 aliphatic carbocycles. The van der Waals surface area contributed by atoms with Crippen molar-refractivity contribution in [1.82, 2.24) is 14.8 Å². The monoisotopic (exact) mass is 406 g/mol.